The SMILES string of the molecule is CC/C=C\C/C=C\C/C=C\C=C=CCCCC/C=C\CCC(=O)O. The van der Waals surface area contributed by atoms with Crippen LogP contribution < -0.4 is 0 Å². The van der Waals surface area contributed by atoms with Crippen LogP contribution >= 0.6 is 0 Å². The van der Waals surface area contributed by atoms with Crippen molar-refractivity contribution in [1.82, 2.24) is 0 Å². The van der Waals surface area contributed by atoms with Crippen LogP contribution in [0.2, 0.25) is 0 Å². The molecule has 24 heavy (non-hydrogen) atoms. The molecular formula is C22H32O2. The molecule has 0 bridgehead atoms. The zero-order valence-corrected chi connectivity index (χ0v) is 15.0. The van der Waals surface area contributed by atoms with Gasteiger partial charge in [0.05, 0.1) is 0 Å². The topological polar surface area (TPSA) is 37.3 Å². The van der Waals surface area contributed by atoms with Gasteiger partial charge in [-0.2, -0.15) is 0 Å². The number of aliphatic carboxylic acids is 1. The van der Waals surface area contributed by atoms with E-state index < -0.39 is 5.97 Å². The Hall–Kier alpha value is -2.05. The second-order valence-corrected chi connectivity index (χ2v) is 5.48. The molecule has 0 aromatic rings. The number of hydrogen-bond donors (Lipinski definition) is 1. The van der Waals surface area contributed by atoms with Gasteiger partial charge in [0.1, 0.15) is 0 Å². The highest BCUT2D eigenvalue weighted by atomic mass is 16.4. The molecule has 132 valence electrons. The molecule has 2 heteroatoms. The molecule has 0 unspecified atom stereocenters. The van der Waals surface area contributed by atoms with E-state index in [4.69, 9.17) is 5.11 Å². The Labute approximate surface area is 147 Å². The Morgan fingerprint density at radius 3 is 2.29 bits per heavy atom. The number of hydrogen-bond acceptors (Lipinski definition) is 1. The first-order valence-corrected chi connectivity index (χ1v) is 9.00. The normalized spacial score (nSPS) is 11.7. The van der Waals surface area contributed by atoms with Gasteiger partial charge in [0, 0.05) is 6.42 Å². The standard InChI is InChI=1S/C22H32O2/c1-2-3-4-5-6-7-8-9-10-11-12-13-14-15-16-17-18-19-20-21-22(23)24/h3-4,6-7,9-11,13,18-19H,2,5,8,14-17,20-21H2,1H3,(H,23,24)/b4-3-,7-6-,10-9-,19-18-. The molecule has 0 rings (SSSR count). The molecule has 0 saturated heterocycles. The van der Waals surface area contributed by atoms with Crippen molar-refractivity contribution in [1.29, 1.82) is 0 Å². The van der Waals surface area contributed by atoms with Crippen LogP contribution in [0, 0.1) is 0 Å². The second-order valence-electron chi connectivity index (χ2n) is 5.48. The minimum atomic E-state index is -0.731. The van der Waals surface area contributed by atoms with Crippen molar-refractivity contribution in [2.45, 2.75) is 64.7 Å². The Bertz CT molecular complexity index is 472. The Morgan fingerprint density at radius 1 is 0.875 bits per heavy atom. The van der Waals surface area contributed by atoms with E-state index in [0.29, 0.717) is 6.42 Å². The van der Waals surface area contributed by atoms with Gasteiger partial charge in [-0.1, -0.05) is 55.5 Å². The predicted molar refractivity (Wildman–Crippen MR) is 104 cm³/mol. The van der Waals surface area contributed by atoms with Crippen molar-refractivity contribution >= 4 is 5.97 Å². The lowest BCUT2D eigenvalue weighted by Crippen LogP contribution is -1.91. The Morgan fingerprint density at radius 2 is 1.54 bits per heavy atom. The molecule has 0 saturated carbocycles. The number of carbonyl (C=O) groups is 1. The summed E-state index contributed by atoms with van der Waals surface area (Å²) in [6, 6.07) is 0. The molecule has 0 aliphatic heterocycles. The molecule has 0 aliphatic rings. The molecule has 0 aliphatic carbocycles. The van der Waals surface area contributed by atoms with Gasteiger partial charge in [0.2, 0.25) is 0 Å². The number of carboxylic acid groups (broad SMARTS) is 1. The third-order valence-corrected chi connectivity index (χ3v) is 3.22. The van der Waals surface area contributed by atoms with Gasteiger partial charge in [0.25, 0.3) is 0 Å². The highest BCUT2D eigenvalue weighted by molar-refractivity contribution is 5.66. The Balaban J connectivity index is 3.52. The summed E-state index contributed by atoms with van der Waals surface area (Å²) in [5, 5.41) is 8.50. The molecule has 0 aromatic heterocycles. The summed E-state index contributed by atoms with van der Waals surface area (Å²) in [7, 11) is 0. The van der Waals surface area contributed by atoms with E-state index in [1.807, 2.05) is 18.2 Å². The zero-order chi connectivity index (χ0) is 17.7. The molecule has 2 nitrogen and oxygen atoms in total. The lowest BCUT2D eigenvalue weighted by molar-refractivity contribution is -0.136. The van der Waals surface area contributed by atoms with Crippen LogP contribution in [0.25, 0.3) is 0 Å². The van der Waals surface area contributed by atoms with Crippen LogP contribution in [-0.2, 0) is 4.79 Å². The molecule has 0 aromatic carbocycles. The lowest BCUT2D eigenvalue weighted by Gasteiger charge is -1.92. The van der Waals surface area contributed by atoms with E-state index in [-0.39, 0.29) is 6.42 Å². The van der Waals surface area contributed by atoms with Crippen molar-refractivity contribution in [2.75, 3.05) is 0 Å². The summed E-state index contributed by atoms with van der Waals surface area (Å²) < 4.78 is 0. The minimum absolute atomic E-state index is 0.225. The highest BCUT2D eigenvalue weighted by Gasteiger charge is 1.91. The van der Waals surface area contributed by atoms with Crippen molar-refractivity contribution in [3.8, 4) is 0 Å². The van der Waals surface area contributed by atoms with Crippen LogP contribution in [0.1, 0.15) is 64.7 Å². The molecule has 0 heterocycles. The van der Waals surface area contributed by atoms with Gasteiger partial charge >= 0.3 is 5.97 Å². The van der Waals surface area contributed by atoms with Crippen LogP contribution in [0.15, 0.2) is 66.5 Å². The summed E-state index contributed by atoms with van der Waals surface area (Å²) in [6.07, 6.45) is 29.3. The van der Waals surface area contributed by atoms with Gasteiger partial charge in [-0.15, -0.1) is 5.73 Å². The largest absolute Gasteiger partial charge is 0.481 e. The molecule has 0 amide bonds. The average molecular weight is 328 g/mol. The number of rotatable bonds is 14. The maximum atomic E-state index is 10.3. The first-order chi connectivity index (χ1) is 11.8. The van der Waals surface area contributed by atoms with E-state index in [1.165, 1.54) is 0 Å². The monoisotopic (exact) mass is 328 g/mol. The minimum Gasteiger partial charge on any atom is -0.481 e. The fourth-order valence-corrected chi connectivity index (χ4v) is 1.92. The highest BCUT2D eigenvalue weighted by Crippen LogP contribution is 2.02. The average Bonchev–Trinajstić information content (AvgIpc) is 2.56. The third-order valence-electron chi connectivity index (χ3n) is 3.22. The summed E-state index contributed by atoms with van der Waals surface area (Å²) in [5.74, 6) is -0.731. The maximum Gasteiger partial charge on any atom is 0.303 e. The Kier molecular flexibility index (Phi) is 17.4. The van der Waals surface area contributed by atoms with E-state index in [0.717, 1.165) is 44.9 Å². The van der Waals surface area contributed by atoms with Crippen molar-refractivity contribution in [2.24, 2.45) is 0 Å². The smallest absolute Gasteiger partial charge is 0.303 e. The zero-order valence-electron chi connectivity index (χ0n) is 15.0. The first kappa shape index (κ1) is 21.9. The van der Waals surface area contributed by atoms with Crippen molar-refractivity contribution in [3.63, 3.8) is 0 Å². The van der Waals surface area contributed by atoms with Gasteiger partial charge in [0.15, 0.2) is 0 Å². The van der Waals surface area contributed by atoms with Gasteiger partial charge in [-0.25, -0.2) is 0 Å². The maximum absolute atomic E-state index is 10.3. The van der Waals surface area contributed by atoms with Crippen LogP contribution in [0.4, 0.5) is 0 Å². The molecular weight excluding hydrogens is 296 g/mol. The number of carboxylic acids is 1. The number of allylic oxidation sites excluding steroid dienone is 9. The van der Waals surface area contributed by atoms with E-state index in [2.05, 4.69) is 55.2 Å². The molecule has 0 radical (unpaired) electrons. The molecule has 1 N–H and O–H groups in total. The van der Waals surface area contributed by atoms with E-state index >= 15 is 0 Å². The van der Waals surface area contributed by atoms with Gasteiger partial charge < -0.3 is 5.11 Å². The molecule has 0 fully saturated rings. The van der Waals surface area contributed by atoms with Crippen molar-refractivity contribution in [3.05, 3.63) is 66.5 Å². The van der Waals surface area contributed by atoms with E-state index in [1.54, 1.807) is 0 Å². The third kappa shape index (κ3) is 19.9. The molecule has 0 atom stereocenters. The second kappa shape index (κ2) is 19.0. The van der Waals surface area contributed by atoms with Crippen molar-refractivity contribution < 1.29 is 9.90 Å². The number of unbranched alkanes of at least 4 members (excludes halogenated alkanes) is 3. The first-order valence-electron chi connectivity index (χ1n) is 9.00. The quantitative estimate of drug-likeness (QED) is 0.170. The molecule has 0 spiro atoms. The fourth-order valence-electron chi connectivity index (χ4n) is 1.92. The fraction of sp³-hybridized carbons (Fsp3) is 0.455. The van der Waals surface area contributed by atoms with Crippen LogP contribution in [0.3, 0.4) is 0 Å². The van der Waals surface area contributed by atoms with E-state index in [9.17, 15) is 4.79 Å². The van der Waals surface area contributed by atoms with Gasteiger partial charge in [-0.3, -0.25) is 4.79 Å². The summed E-state index contributed by atoms with van der Waals surface area (Å²) in [5.41, 5.74) is 3.17. The van der Waals surface area contributed by atoms with Crippen LogP contribution in [0.5, 0.6) is 0 Å². The van der Waals surface area contributed by atoms with Crippen LogP contribution in [-0.4, -0.2) is 11.1 Å². The lowest BCUT2D eigenvalue weighted by atomic mass is 10.1. The van der Waals surface area contributed by atoms with Gasteiger partial charge in [-0.05, 0) is 63.5 Å². The predicted octanol–water partition coefficient (Wildman–Crippen LogP) is 6.54. The summed E-state index contributed by atoms with van der Waals surface area (Å²) in [4.78, 5) is 10.3. The summed E-state index contributed by atoms with van der Waals surface area (Å²) in [6.45, 7) is 2.14. The summed E-state index contributed by atoms with van der Waals surface area (Å²) >= 11 is 0.